The van der Waals surface area contributed by atoms with Crippen LogP contribution in [-0.2, 0) is 17.9 Å². The van der Waals surface area contributed by atoms with E-state index in [-0.39, 0.29) is 12.5 Å². The van der Waals surface area contributed by atoms with Crippen LogP contribution >= 0.6 is 0 Å². The number of amides is 1. The molecule has 0 spiro atoms. The zero-order chi connectivity index (χ0) is 12.3. The number of carbonyl (C=O) groups is 1. The van der Waals surface area contributed by atoms with E-state index < -0.39 is 0 Å². The van der Waals surface area contributed by atoms with Gasteiger partial charge in [0.15, 0.2) is 0 Å². The van der Waals surface area contributed by atoms with Crippen molar-refractivity contribution in [3.63, 3.8) is 0 Å². The van der Waals surface area contributed by atoms with Crippen molar-refractivity contribution in [3.8, 4) is 0 Å². The van der Waals surface area contributed by atoms with Crippen molar-refractivity contribution in [2.75, 3.05) is 7.05 Å². The number of hydrogen-bond donors (Lipinski definition) is 2. The van der Waals surface area contributed by atoms with Crippen molar-refractivity contribution in [1.82, 2.24) is 14.9 Å². The summed E-state index contributed by atoms with van der Waals surface area (Å²) >= 11 is 0. The van der Waals surface area contributed by atoms with Crippen LogP contribution < -0.4 is 5.32 Å². The molecule has 0 saturated heterocycles. The van der Waals surface area contributed by atoms with E-state index in [0.29, 0.717) is 13.0 Å². The highest BCUT2D eigenvalue weighted by Crippen LogP contribution is 2.19. The van der Waals surface area contributed by atoms with Gasteiger partial charge in [-0.2, -0.15) is 0 Å². The van der Waals surface area contributed by atoms with E-state index in [1.807, 2.05) is 22.9 Å². The fourth-order valence-electron chi connectivity index (χ4n) is 1.84. The Kier molecular flexibility index (Phi) is 3.39. The van der Waals surface area contributed by atoms with Crippen LogP contribution in [0.5, 0.6) is 0 Å². The van der Waals surface area contributed by atoms with Gasteiger partial charge in [-0.1, -0.05) is 0 Å². The first-order valence-corrected chi connectivity index (χ1v) is 5.50. The third kappa shape index (κ3) is 2.29. The number of aliphatic hydroxyl groups excluding tert-OH is 1. The fraction of sp³-hybridized carbons (Fsp3) is 0.333. The number of nitrogens with one attached hydrogen (secondary N) is 1. The molecule has 0 atom stereocenters. The van der Waals surface area contributed by atoms with Crippen LogP contribution in [0.3, 0.4) is 0 Å². The maximum absolute atomic E-state index is 11.2. The average Bonchev–Trinajstić information content (AvgIpc) is 2.74. The Morgan fingerprint density at radius 3 is 3.12 bits per heavy atom. The van der Waals surface area contributed by atoms with Crippen molar-refractivity contribution in [1.29, 1.82) is 0 Å². The molecule has 5 nitrogen and oxygen atoms in total. The smallest absolute Gasteiger partial charge is 0.221 e. The molecule has 2 rings (SSSR count). The molecule has 2 N–H and O–H groups in total. The Balaban J connectivity index is 2.31. The molecule has 0 radical (unpaired) electrons. The molecule has 1 amide bonds. The van der Waals surface area contributed by atoms with E-state index in [1.165, 1.54) is 0 Å². The predicted molar refractivity (Wildman–Crippen MR) is 64.3 cm³/mol. The number of nitrogens with zero attached hydrogens (tertiary/aromatic N) is 2. The van der Waals surface area contributed by atoms with Crippen molar-refractivity contribution in [2.45, 2.75) is 19.6 Å². The quantitative estimate of drug-likeness (QED) is 0.815. The number of fused-ring (bicyclic) bond motifs is 1. The Hall–Kier alpha value is -1.88. The van der Waals surface area contributed by atoms with Crippen LogP contribution in [0, 0.1) is 0 Å². The van der Waals surface area contributed by atoms with Gasteiger partial charge < -0.3 is 15.0 Å². The van der Waals surface area contributed by atoms with Gasteiger partial charge in [0, 0.05) is 43.4 Å². The van der Waals surface area contributed by atoms with Crippen LogP contribution in [0.4, 0.5) is 0 Å². The SMILES string of the molecule is CNC(=O)CCn1cc(CO)c2cccnc21. The minimum atomic E-state index is -0.0187. The van der Waals surface area contributed by atoms with Crippen molar-refractivity contribution in [2.24, 2.45) is 0 Å². The topological polar surface area (TPSA) is 67.2 Å². The monoisotopic (exact) mass is 233 g/mol. The summed E-state index contributed by atoms with van der Waals surface area (Å²) < 4.78 is 1.90. The van der Waals surface area contributed by atoms with Gasteiger partial charge in [0.25, 0.3) is 0 Å². The molecule has 0 unspecified atom stereocenters. The van der Waals surface area contributed by atoms with E-state index in [2.05, 4.69) is 10.3 Å². The minimum Gasteiger partial charge on any atom is -0.392 e. The second-order valence-corrected chi connectivity index (χ2v) is 3.80. The molecule has 0 saturated carbocycles. The number of carbonyl (C=O) groups excluding carboxylic acids is 1. The van der Waals surface area contributed by atoms with Crippen molar-refractivity contribution >= 4 is 16.9 Å². The number of hydrogen-bond acceptors (Lipinski definition) is 3. The summed E-state index contributed by atoms with van der Waals surface area (Å²) in [4.78, 5) is 15.5. The second-order valence-electron chi connectivity index (χ2n) is 3.80. The molecule has 0 aliphatic heterocycles. The average molecular weight is 233 g/mol. The van der Waals surface area contributed by atoms with Gasteiger partial charge in [-0.3, -0.25) is 4.79 Å². The minimum absolute atomic E-state index is 0.00618. The van der Waals surface area contributed by atoms with Gasteiger partial charge in [0.1, 0.15) is 5.65 Å². The van der Waals surface area contributed by atoms with Gasteiger partial charge in [0.05, 0.1) is 6.61 Å². The zero-order valence-corrected chi connectivity index (χ0v) is 9.68. The van der Waals surface area contributed by atoms with Crippen LogP contribution in [0.2, 0.25) is 0 Å². The highest BCUT2D eigenvalue weighted by molar-refractivity contribution is 5.80. The van der Waals surface area contributed by atoms with Crippen LogP contribution in [0.15, 0.2) is 24.5 Å². The number of aliphatic hydroxyl groups is 1. The first-order valence-electron chi connectivity index (χ1n) is 5.50. The summed E-state index contributed by atoms with van der Waals surface area (Å²) in [5.74, 6) is -0.00618. The summed E-state index contributed by atoms with van der Waals surface area (Å²) in [5, 5.41) is 12.8. The second kappa shape index (κ2) is 4.97. The normalized spacial score (nSPS) is 10.7. The van der Waals surface area contributed by atoms with Gasteiger partial charge in [-0.05, 0) is 12.1 Å². The lowest BCUT2D eigenvalue weighted by Crippen LogP contribution is -2.19. The molecule has 5 heteroatoms. The number of aromatic nitrogens is 2. The maximum atomic E-state index is 11.2. The van der Waals surface area contributed by atoms with Crippen LogP contribution in [-0.4, -0.2) is 27.6 Å². The van der Waals surface area contributed by atoms with E-state index in [9.17, 15) is 9.90 Å². The third-order valence-corrected chi connectivity index (χ3v) is 2.75. The van der Waals surface area contributed by atoms with Gasteiger partial charge in [-0.25, -0.2) is 4.98 Å². The summed E-state index contributed by atoms with van der Waals surface area (Å²) in [6.07, 6.45) is 3.96. The highest BCUT2D eigenvalue weighted by Gasteiger charge is 2.09. The zero-order valence-electron chi connectivity index (χ0n) is 9.68. The summed E-state index contributed by atoms with van der Waals surface area (Å²) in [7, 11) is 1.62. The third-order valence-electron chi connectivity index (χ3n) is 2.75. The first kappa shape index (κ1) is 11.6. The molecule has 0 aromatic carbocycles. The van der Waals surface area contributed by atoms with E-state index in [0.717, 1.165) is 16.6 Å². The molecular weight excluding hydrogens is 218 g/mol. The lowest BCUT2D eigenvalue weighted by atomic mass is 10.2. The molecular formula is C12H15N3O2. The predicted octanol–water partition coefficient (Wildman–Crippen LogP) is 0.665. The van der Waals surface area contributed by atoms with Crippen LogP contribution in [0.25, 0.3) is 11.0 Å². The first-order chi connectivity index (χ1) is 8.26. The van der Waals surface area contributed by atoms with E-state index in [1.54, 1.807) is 13.2 Å². The lowest BCUT2D eigenvalue weighted by molar-refractivity contribution is -0.120. The van der Waals surface area contributed by atoms with E-state index >= 15 is 0 Å². The molecule has 90 valence electrons. The standard InChI is InChI=1S/C12H15N3O2/c1-13-11(17)4-6-15-7-9(8-16)10-3-2-5-14-12(10)15/h2-3,5,7,16H,4,6,8H2,1H3,(H,13,17). The molecule has 2 aromatic heterocycles. The molecule has 0 aliphatic rings. The fourth-order valence-corrected chi connectivity index (χ4v) is 1.84. The number of rotatable bonds is 4. The summed E-state index contributed by atoms with van der Waals surface area (Å²) in [6.45, 7) is 0.544. The Bertz CT molecular complexity index is 534. The summed E-state index contributed by atoms with van der Waals surface area (Å²) in [5.41, 5.74) is 1.64. The molecule has 0 fully saturated rings. The lowest BCUT2D eigenvalue weighted by Gasteiger charge is -2.03. The maximum Gasteiger partial charge on any atom is 0.221 e. The molecule has 0 bridgehead atoms. The molecule has 2 heterocycles. The van der Waals surface area contributed by atoms with Gasteiger partial charge >= 0.3 is 0 Å². The Morgan fingerprint density at radius 2 is 2.41 bits per heavy atom. The summed E-state index contributed by atoms with van der Waals surface area (Å²) in [6, 6.07) is 3.76. The highest BCUT2D eigenvalue weighted by atomic mass is 16.3. The van der Waals surface area contributed by atoms with Crippen molar-refractivity contribution < 1.29 is 9.90 Å². The number of aryl methyl sites for hydroxylation is 1. The molecule has 17 heavy (non-hydrogen) atoms. The van der Waals surface area contributed by atoms with Crippen molar-refractivity contribution in [3.05, 3.63) is 30.1 Å². The largest absolute Gasteiger partial charge is 0.392 e. The molecule has 0 aliphatic carbocycles. The van der Waals surface area contributed by atoms with Gasteiger partial charge in [0.2, 0.25) is 5.91 Å². The Morgan fingerprint density at radius 1 is 1.59 bits per heavy atom. The molecule has 2 aromatic rings. The Labute approximate surface area is 99.1 Å². The van der Waals surface area contributed by atoms with Crippen LogP contribution in [0.1, 0.15) is 12.0 Å². The van der Waals surface area contributed by atoms with Gasteiger partial charge in [-0.15, -0.1) is 0 Å². The van der Waals surface area contributed by atoms with E-state index in [4.69, 9.17) is 0 Å². The number of pyridine rings is 1.